The van der Waals surface area contributed by atoms with Gasteiger partial charge in [-0.3, -0.25) is 9.59 Å². The van der Waals surface area contributed by atoms with Gasteiger partial charge < -0.3 is 21.1 Å². The average Bonchev–Trinajstić information content (AvgIpc) is 2.79. The highest BCUT2D eigenvalue weighted by Gasteiger charge is 2.21. The lowest BCUT2D eigenvalue weighted by Gasteiger charge is -2.18. The molecule has 3 rings (SSSR count). The van der Waals surface area contributed by atoms with Crippen molar-refractivity contribution < 1.29 is 19.1 Å². The molecule has 4 N–H and O–H groups in total. The van der Waals surface area contributed by atoms with Crippen LogP contribution < -0.4 is 16.4 Å². The van der Waals surface area contributed by atoms with Crippen molar-refractivity contribution in [3.05, 3.63) is 89.4 Å². The monoisotopic (exact) mass is 483 g/mol. The van der Waals surface area contributed by atoms with E-state index >= 15 is 0 Å². The Morgan fingerprint density at radius 3 is 2.33 bits per heavy atom. The molecule has 3 aromatic rings. The van der Waals surface area contributed by atoms with E-state index in [2.05, 4.69) is 10.6 Å². The third-order valence-electron chi connectivity index (χ3n) is 4.46. The summed E-state index contributed by atoms with van der Waals surface area (Å²) < 4.78 is 5.11. The summed E-state index contributed by atoms with van der Waals surface area (Å²) in [6.07, 6.45) is -0.236. The van der Waals surface area contributed by atoms with Gasteiger partial charge >= 0.3 is 12.0 Å². The number of primary amides is 1. The minimum Gasteiger partial charge on any atom is -0.455 e. The molecule has 0 saturated heterocycles. The Hall–Kier alpha value is -3.49. The van der Waals surface area contributed by atoms with E-state index in [0.29, 0.717) is 16.3 Å². The summed E-state index contributed by atoms with van der Waals surface area (Å²) in [6, 6.07) is 22.3. The highest BCUT2D eigenvalue weighted by atomic mass is 35.5. The van der Waals surface area contributed by atoms with E-state index in [4.69, 9.17) is 22.1 Å². The van der Waals surface area contributed by atoms with Crippen LogP contribution in [0.4, 0.5) is 10.5 Å². The SMILES string of the molecule is NC(=O)NC(CC(=O)OCC(=O)Nc1ccccc1Sc1ccccc1)c1ccccc1Cl. The van der Waals surface area contributed by atoms with Crippen LogP contribution in [-0.2, 0) is 14.3 Å². The van der Waals surface area contributed by atoms with Crippen LogP contribution in [0.1, 0.15) is 18.0 Å². The molecule has 7 nitrogen and oxygen atoms in total. The van der Waals surface area contributed by atoms with Gasteiger partial charge in [-0.25, -0.2) is 4.79 Å². The number of nitrogens with one attached hydrogen (secondary N) is 2. The molecular weight excluding hydrogens is 462 g/mol. The van der Waals surface area contributed by atoms with Crippen molar-refractivity contribution in [2.75, 3.05) is 11.9 Å². The Kier molecular flexibility index (Phi) is 8.74. The summed E-state index contributed by atoms with van der Waals surface area (Å²) in [5, 5.41) is 5.61. The second-order valence-electron chi connectivity index (χ2n) is 6.91. The van der Waals surface area contributed by atoms with Crippen LogP contribution in [0.3, 0.4) is 0 Å². The first kappa shape index (κ1) is 24.2. The van der Waals surface area contributed by atoms with E-state index in [-0.39, 0.29) is 6.42 Å². The molecule has 1 unspecified atom stereocenters. The van der Waals surface area contributed by atoms with Gasteiger partial charge in [-0.15, -0.1) is 0 Å². The molecular formula is C24H22ClN3O4S. The smallest absolute Gasteiger partial charge is 0.312 e. The number of halogens is 1. The molecule has 1 atom stereocenters. The number of hydrogen-bond donors (Lipinski definition) is 3. The molecule has 0 aromatic heterocycles. The molecule has 0 aliphatic heterocycles. The number of hydrogen-bond acceptors (Lipinski definition) is 5. The quantitative estimate of drug-likeness (QED) is 0.379. The van der Waals surface area contributed by atoms with Gasteiger partial charge in [-0.05, 0) is 35.9 Å². The summed E-state index contributed by atoms with van der Waals surface area (Å²) in [7, 11) is 0. The van der Waals surface area contributed by atoms with Crippen LogP contribution >= 0.6 is 23.4 Å². The van der Waals surface area contributed by atoms with Gasteiger partial charge in [0.1, 0.15) is 0 Å². The van der Waals surface area contributed by atoms with Crippen LogP contribution in [0.15, 0.2) is 88.7 Å². The average molecular weight is 484 g/mol. The number of urea groups is 1. The molecule has 170 valence electrons. The maximum absolute atomic E-state index is 12.4. The zero-order valence-corrected chi connectivity index (χ0v) is 19.1. The molecule has 0 fully saturated rings. The number of amides is 3. The fourth-order valence-electron chi connectivity index (χ4n) is 3.00. The minimum atomic E-state index is -0.807. The standard InChI is InChI=1S/C24H22ClN3O4S/c25-18-11-5-4-10-17(18)20(28-24(26)31)14-23(30)32-15-22(29)27-19-12-6-7-13-21(19)33-16-8-2-1-3-9-16/h1-13,20H,14-15H2,(H,27,29)(H3,26,28,31). The Morgan fingerprint density at radius 1 is 0.939 bits per heavy atom. The van der Waals surface area contributed by atoms with Gasteiger partial charge in [0.25, 0.3) is 5.91 Å². The van der Waals surface area contributed by atoms with Crippen LogP contribution in [0.25, 0.3) is 0 Å². The largest absolute Gasteiger partial charge is 0.455 e. The van der Waals surface area contributed by atoms with Crippen LogP contribution in [0, 0.1) is 0 Å². The number of rotatable bonds is 9. The zero-order valence-electron chi connectivity index (χ0n) is 17.5. The van der Waals surface area contributed by atoms with Crippen LogP contribution in [0.5, 0.6) is 0 Å². The molecule has 0 heterocycles. The molecule has 0 aliphatic carbocycles. The van der Waals surface area contributed by atoms with E-state index in [0.717, 1.165) is 9.79 Å². The highest BCUT2D eigenvalue weighted by Crippen LogP contribution is 2.33. The van der Waals surface area contributed by atoms with Crippen LogP contribution in [-0.4, -0.2) is 24.5 Å². The Balaban J connectivity index is 1.58. The lowest BCUT2D eigenvalue weighted by molar-refractivity contribution is -0.147. The zero-order chi connectivity index (χ0) is 23.6. The molecule has 0 spiro atoms. The molecule has 0 aliphatic rings. The molecule has 0 radical (unpaired) electrons. The Bertz CT molecular complexity index is 1130. The Morgan fingerprint density at radius 2 is 1.61 bits per heavy atom. The van der Waals surface area contributed by atoms with E-state index < -0.39 is 30.6 Å². The highest BCUT2D eigenvalue weighted by molar-refractivity contribution is 7.99. The molecule has 0 saturated carbocycles. The predicted molar refractivity (Wildman–Crippen MR) is 128 cm³/mol. The first-order chi connectivity index (χ1) is 15.9. The van der Waals surface area contributed by atoms with E-state index in [9.17, 15) is 14.4 Å². The number of benzene rings is 3. The van der Waals surface area contributed by atoms with E-state index in [1.54, 1.807) is 36.4 Å². The summed E-state index contributed by atoms with van der Waals surface area (Å²) in [6.45, 7) is -0.477. The van der Waals surface area contributed by atoms with Gasteiger partial charge in [0.15, 0.2) is 6.61 Å². The van der Waals surface area contributed by atoms with Gasteiger partial charge in [0, 0.05) is 14.8 Å². The molecule has 3 amide bonds. The van der Waals surface area contributed by atoms with Gasteiger partial charge in [-0.2, -0.15) is 0 Å². The first-order valence-electron chi connectivity index (χ1n) is 10.00. The predicted octanol–water partition coefficient (Wildman–Crippen LogP) is 4.77. The van der Waals surface area contributed by atoms with Gasteiger partial charge in [0.05, 0.1) is 18.2 Å². The third-order valence-corrected chi connectivity index (χ3v) is 5.89. The molecule has 9 heteroatoms. The third kappa shape index (κ3) is 7.55. The number of para-hydroxylation sites is 1. The van der Waals surface area contributed by atoms with Crippen molar-refractivity contribution in [3.8, 4) is 0 Å². The first-order valence-corrected chi connectivity index (χ1v) is 11.2. The number of ether oxygens (including phenoxy) is 1. The fourth-order valence-corrected chi connectivity index (χ4v) is 4.19. The molecule has 3 aromatic carbocycles. The van der Waals surface area contributed by atoms with Crippen molar-refractivity contribution >= 4 is 47.0 Å². The van der Waals surface area contributed by atoms with Crippen LogP contribution in [0.2, 0.25) is 5.02 Å². The summed E-state index contributed by atoms with van der Waals surface area (Å²) >= 11 is 7.67. The topological polar surface area (TPSA) is 111 Å². The van der Waals surface area contributed by atoms with Gasteiger partial charge in [-0.1, -0.05) is 71.9 Å². The summed E-state index contributed by atoms with van der Waals surface area (Å²) in [4.78, 5) is 38.0. The van der Waals surface area contributed by atoms with Crippen molar-refractivity contribution in [2.45, 2.75) is 22.3 Å². The normalized spacial score (nSPS) is 11.3. The fraction of sp³-hybridized carbons (Fsp3) is 0.125. The Labute approximate surface area is 200 Å². The maximum Gasteiger partial charge on any atom is 0.312 e. The summed E-state index contributed by atoms with van der Waals surface area (Å²) in [5.74, 6) is -1.17. The van der Waals surface area contributed by atoms with Crippen molar-refractivity contribution in [1.29, 1.82) is 0 Å². The van der Waals surface area contributed by atoms with E-state index in [1.165, 1.54) is 11.8 Å². The van der Waals surface area contributed by atoms with Crippen molar-refractivity contribution in [2.24, 2.45) is 5.73 Å². The second-order valence-corrected chi connectivity index (χ2v) is 8.43. The maximum atomic E-state index is 12.4. The number of nitrogens with two attached hydrogens (primary N) is 1. The van der Waals surface area contributed by atoms with Crippen molar-refractivity contribution in [1.82, 2.24) is 5.32 Å². The number of anilines is 1. The lowest BCUT2D eigenvalue weighted by atomic mass is 10.0. The lowest BCUT2D eigenvalue weighted by Crippen LogP contribution is -2.35. The number of carbonyl (C=O) groups is 3. The van der Waals surface area contributed by atoms with Gasteiger partial charge in [0.2, 0.25) is 0 Å². The molecule has 0 bridgehead atoms. The number of esters is 1. The number of carbonyl (C=O) groups excluding carboxylic acids is 3. The molecule has 33 heavy (non-hydrogen) atoms. The summed E-state index contributed by atoms with van der Waals surface area (Å²) in [5.41, 5.74) is 6.35. The second kappa shape index (κ2) is 11.9. The van der Waals surface area contributed by atoms with E-state index in [1.807, 2.05) is 42.5 Å². The van der Waals surface area contributed by atoms with Crippen molar-refractivity contribution in [3.63, 3.8) is 0 Å². The minimum absolute atomic E-state index is 0.236.